The van der Waals surface area contributed by atoms with E-state index in [-0.39, 0.29) is 0 Å². The van der Waals surface area contributed by atoms with Crippen molar-refractivity contribution in [1.82, 2.24) is 0 Å². The second-order valence-corrected chi connectivity index (χ2v) is 6.32. The number of aryl methyl sites for hydroxylation is 1. The molecule has 0 radical (unpaired) electrons. The molecule has 0 N–H and O–H groups in total. The van der Waals surface area contributed by atoms with Crippen LogP contribution >= 0.6 is 24.4 Å². The lowest BCUT2D eigenvalue weighted by atomic mass is 9.83. The monoisotopic (exact) mass is 244 g/mol. The SMILES string of the molecule is Cc1occc1SCC(CS)C(C)(C)C. The highest BCUT2D eigenvalue weighted by molar-refractivity contribution is 7.99. The first-order valence-electron chi connectivity index (χ1n) is 5.23. The number of hydrogen-bond acceptors (Lipinski definition) is 3. The Balaban J connectivity index is 2.52. The van der Waals surface area contributed by atoms with Crippen molar-refractivity contribution in [3.63, 3.8) is 0 Å². The molecule has 0 saturated heterocycles. The molecule has 0 saturated carbocycles. The number of thiol groups is 1. The molecular formula is C12H20OS2. The fraction of sp³-hybridized carbons (Fsp3) is 0.667. The maximum absolute atomic E-state index is 5.28. The van der Waals surface area contributed by atoms with Gasteiger partial charge in [-0.2, -0.15) is 12.6 Å². The standard InChI is InChI=1S/C12H20OS2/c1-9-11(5-6-13-9)15-8-10(7-14)12(2,3)4/h5-6,10,14H,7-8H2,1-4H3. The van der Waals surface area contributed by atoms with Gasteiger partial charge >= 0.3 is 0 Å². The molecule has 1 unspecified atom stereocenters. The van der Waals surface area contributed by atoms with Crippen molar-refractivity contribution in [3.8, 4) is 0 Å². The van der Waals surface area contributed by atoms with E-state index in [0.29, 0.717) is 11.3 Å². The molecule has 1 aromatic heterocycles. The summed E-state index contributed by atoms with van der Waals surface area (Å²) in [5, 5.41) is 0. The zero-order chi connectivity index (χ0) is 11.5. The third-order valence-corrected chi connectivity index (χ3v) is 4.44. The fourth-order valence-electron chi connectivity index (χ4n) is 1.29. The Kier molecular flexibility index (Phi) is 4.65. The van der Waals surface area contributed by atoms with Crippen molar-refractivity contribution in [2.75, 3.05) is 11.5 Å². The summed E-state index contributed by atoms with van der Waals surface area (Å²) in [5.41, 5.74) is 0.326. The molecule has 1 rings (SSSR count). The highest BCUT2D eigenvalue weighted by atomic mass is 32.2. The summed E-state index contributed by atoms with van der Waals surface area (Å²) in [6.07, 6.45) is 1.75. The molecule has 1 nitrogen and oxygen atoms in total. The van der Waals surface area contributed by atoms with E-state index in [2.05, 4.69) is 33.4 Å². The lowest BCUT2D eigenvalue weighted by Crippen LogP contribution is -2.24. The molecule has 0 spiro atoms. The summed E-state index contributed by atoms with van der Waals surface area (Å²) in [7, 11) is 0. The van der Waals surface area contributed by atoms with Crippen molar-refractivity contribution < 1.29 is 4.42 Å². The van der Waals surface area contributed by atoms with Gasteiger partial charge in [-0.15, -0.1) is 11.8 Å². The Morgan fingerprint density at radius 1 is 1.47 bits per heavy atom. The minimum absolute atomic E-state index is 0.326. The van der Waals surface area contributed by atoms with E-state index in [4.69, 9.17) is 4.42 Å². The zero-order valence-electron chi connectivity index (χ0n) is 9.91. The third kappa shape index (κ3) is 3.80. The summed E-state index contributed by atoms with van der Waals surface area (Å²) in [5.74, 6) is 3.69. The van der Waals surface area contributed by atoms with E-state index in [1.165, 1.54) is 4.90 Å². The number of furan rings is 1. The summed E-state index contributed by atoms with van der Waals surface area (Å²) < 4.78 is 5.28. The number of hydrogen-bond donors (Lipinski definition) is 1. The van der Waals surface area contributed by atoms with Gasteiger partial charge in [0.1, 0.15) is 5.76 Å². The van der Waals surface area contributed by atoms with Gasteiger partial charge in [0.15, 0.2) is 0 Å². The first-order valence-corrected chi connectivity index (χ1v) is 6.84. The summed E-state index contributed by atoms with van der Waals surface area (Å²) >= 11 is 6.30. The van der Waals surface area contributed by atoms with Gasteiger partial charge in [-0.1, -0.05) is 20.8 Å². The third-order valence-electron chi connectivity index (χ3n) is 2.70. The highest BCUT2D eigenvalue weighted by Crippen LogP contribution is 2.33. The molecule has 0 aliphatic rings. The maximum atomic E-state index is 5.28. The molecule has 0 amide bonds. The van der Waals surface area contributed by atoms with Gasteiger partial charge in [0.2, 0.25) is 0 Å². The Hall–Kier alpha value is -0.0200. The lowest BCUT2D eigenvalue weighted by Gasteiger charge is -2.28. The second-order valence-electron chi connectivity index (χ2n) is 4.90. The Labute approximate surface area is 102 Å². The topological polar surface area (TPSA) is 13.1 Å². The van der Waals surface area contributed by atoms with Crippen LogP contribution in [0.3, 0.4) is 0 Å². The van der Waals surface area contributed by atoms with Crippen molar-refractivity contribution >= 4 is 24.4 Å². The van der Waals surface area contributed by atoms with E-state index in [1.54, 1.807) is 6.26 Å². The van der Waals surface area contributed by atoms with Gasteiger partial charge in [0, 0.05) is 10.6 Å². The van der Waals surface area contributed by atoms with Crippen molar-refractivity contribution in [3.05, 3.63) is 18.1 Å². The predicted octanol–water partition coefficient (Wildman–Crippen LogP) is 4.27. The minimum Gasteiger partial charge on any atom is -0.468 e. The van der Waals surface area contributed by atoms with Gasteiger partial charge in [0.25, 0.3) is 0 Å². The first-order chi connectivity index (χ1) is 6.95. The van der Waals surface area contributed by atoms with Crippen LogP contribution in [0.2, 0.25) is 0 Å². The van der Waals surface area contributed by atoms with E-state index >= 15 is 0 Å². The van der Waals surface area contributed by atoms with E-state index in [1.807, 2.05) is 24.8 Å². The van der Waals surface area contributed by atoms with Crippen LogP contribution in [0, 0.1) is 18.3 Å². The van der Waals surface area contributed by atoms with Crippen molar-refractivity contribution in [1.29, 1.82) is 0 Å². The zero-order valence-corrected chi connectivity index (χ0v) is 11.6. The van der Waals surface area contributed by atoms with Gasteiger partial charge in [-0.3, -0.25) is 0 Å². The van der Waals surface area contributed by atoms with Crippen LogP contribution in [0.1, 0.15) is 26.5 Å². The Morgan fingerprint density at radius 3 is 2.53 bits per heavy atom. The fourth-order valence-corrected chi connectivity index (χ4v) is 3.54. The Morgan fingerprint density at radius 2 is 2.13 bits per heavy atom. The van der Waals surface area contributed by atoms with Crippen molar-refractivity contribution in [2.45, 2.75) is 32.6 Å². The largest absolute Gasteiger partial charge is 0.468 e. The van der Waals surface area contributed by atoms with E-state index in [9.17, 15) is 0 Å². The van der Waals surface area contributed by atoms with Crippen LogP contribution in [0.15, 0.2) is 21.6 Å². The average Bonchev–Trinajstić information content (AvgIpc) is 2.50. The molecule has 1 aromatic rings. The maximum Gasteiger partial charge on any atom is 0.114 e. The average molecular weight is 244 g/mol. The molecule has 0 aliphatic heterocycles. The van der Waals surface area contributed by atoms with Gasteiger partial charge in [0.05, 0.1) is 6.26 Å². The first kappa shape index (κ1) is 13.0. The van der Waals surface area contributed by atoms with Crippen LogP contribution in [0.5, 0.6) is 0 Å². The molecule has 1 heterocycles. The second kappa shape index (κ2) is 5.35. The molecule has 86 valence electrons. The van der Waals surface area contributed by atoms with Crippen LogP contribution in [0.4, 0.5) is 0 Å². The van der Waals surface area contributed by atoms with Gasteiger partial charge in [-0.25, -0.2) is 0 Å². The van der Waals surface area contributed by atoms with Crippen LogP contribution in [-0.2, 0) is 0 Å². The van der Waals surface area contributed by atoms with Crippen LogP contribution in [-0.4, -0.2) is 11.5 Å². The van der Waals surface area contributed by atoms with E-state index in [0.717, 1.165) is 17.3 Å². The number of rotatable bonds is 4. The molecule has 0 aromatic carbocycles. The molecule has 3 heteroatoms. The normalized spacial score (nSPS) is 14.2. The molecule has 1 atom stereocenters. The predicted molar refractivity (Wildman–Crippen MR) is 71.0 cm³/mol. The lowest BCUT2D eigenvalue weighted by molar-refractivity contribution is 0.294. The number of thioether (sulfide) groups is 1. The smallest absolute Gasteiger partial charge is 0.114 e. The minimum atomic E-state index is 0.326. The molecule has 0 aliphatic carbocycles. The quantitative estimate of drug-likeness (QED) is 0.627. The van der Waals surface area contributed by atoms with Crippen molar-refractivity contribution in [2.24, 2.45) is 11.3 Å². The molecular weight excluding hydrogens is 224 g/mol. The summed E-state index contributed by atoms with van der Waals surface area (Å²) in [4.78, 5) is 1.26. The summed E-state index contributed by atoms with van der Waals surface area (Å²) in [6, 6.07) is 2.04. The summed E-state index contributed by atoms with van der Waals surface area (Å²) in [6.45, 7) is 8.83. The highest BCUT2D eigenvalue weighted by Gasteiger charge is 2.23. The molecule has 15 heavy (non-hydrogen) atoms. The van der Waals surface area contributed by atoms with Crippen LogP contribution < -0.4 is 0 Å². The molecule has 0 fully saturated rings. The van der Waals surface area contributed by atoms with E-state index < -0.39 is 0 Å². The van der Waals surface area contributed by atoms with Gasteiger partial charge in [-0.05, 0) is 30.1 Å². The van der Waals surface area contributed by atoms with Gasteiger partial charge < -0.3 is 4.42 Å². The Bertz CT molecular complexity index is 299. The molecule has 0 bridgehead atoms. The van der Waals surface area contributed by atoms with Crippen LogP contribution in [0.25, 0.3) is 0 Å².